The number of aromatic nitrogens is 4. The van der Waals surface area contributed by atoms with Crippen LogP contribution in [0.3, 0.4) is 0 Å². The normalized spacial score (nSPS) is 10.2. The van der Waals surface area contributed by atoms with Gasteiger partial charge >= 0.3 is 6.09 Å². The van der Waals surface area contributed by atoms with Crippen molar-refractivity contribution in [2.24, 2.45) is 0 Å². The molecule has 0 aromatic carbocycles. The maximum absolute atomic E-state index is 11.5. The van der Waals surface area contributed by atoms with Gasteiger partial charge in [-0.2, -0.15) is 5.10 Å². The van der Waals surface area contributed by atoms with E-state index in [0.29, 0.717) is 11.4 Å². The molecule has 7 nitrogen and oxygen atoms in total. The van der Waals surface area contributed by atoms with E-state index in [9.17, 15) is 4.79 Å². The van der Waals surface area contributed by atoms with Gasteiger partial charge in [-0.15, -0.1) is 4.68 Å². The molecule has 2 N–H and O–H groups in total. The van der Waals surface area contributed by atoms with Gasteiger partial charge in [0.2, 0.25) is 0 Å². The van der Waals surface area contributed by atoms with Crippen molar-refractivity contribution in [2.45, 2.75) is 6.92 Å². The lowest BCUT2D eigenvalue weighted by molar-refractivity contribution is 0.151. The Balaban J connectivity index is 2.34. The summed E-state index contributed by atoms with van der Waals surface area (Å²) in [5.41, 5.74) is 6.76. The Labute approximate surface area is 97.2 Å². The quantitative estimate of drug-likeness (QED) is 0.828. The van der Waals surface area contributed by atoms with Gasteiger partial charge in [-0.05, 0) is 13.0 Å². The molecule has 0 bridgehead atoms. The summed E-state index contributed by atoms with van der Waals surface area (Å²) in [6.07, 6.45) is 2.38. The van der Waals surface area contributed by atoms with Gasteiger partial charge in [-0.1, -0.05) is 0 Å². The number of nitrogens with two attached hydrogens (primary N) is 1. The molecule has 0 radical (unpaired) electrons. The summed E-state index contributed by atoms with van der Waals surface area (Å²) in [7, 11) is 0. The second-order valence-corrected chi connectivity index (χ2v) is 3.16. The molecule has 0 saturated heterocycles. The van der Waals surface area contributed by atoms with Gasteiger partial charge in [0.05, 0.1) is 12.3 Å². The molecule has 0 unspecified atom stereocenters. The van der Waals surface area contributed by atoms with Crippen LogP contribution >= 0.6 is 0 Å². The van der Waals surface area contributed by atoms with Crippen molar-refractivity contribution in [1.29, 1.82) is 0 Å². The van der Waals surface area contributed by atoms with Crippen molar-refractivity contribution in [3.63, 3.8) is 0 Å². The Morgan fingerprint density at radius 2 is 2.35 bits per heavy atom. The maximum Gasteiger partial charge on any atom is 0.436 e. The number of ether oxygens (including phenoxy) is 1. The number of hydrogen-bond donors (Lipinski definition) is 1. The Kier molecular flexibility index (Phi) is 2.99. The van der Waals surface area contributed by atoms with E-state index in [0.717, 1.165) is 4.68 Å². The molecule has 0 fully saturated rings. The first-order chi connectivity index (χ1) is 8.22. The van der Waals surface area contributed by atoms with E-state index >= 15 is 0 Å². The van der Waals surface area contributed by atoms with E-state index in [-0.39, 0.29) is 12.4 Å². The highest BCUT2D eigenvalue weighted by Crippen LogP contribution is 2.17. The summed E-state index contributed by atoms with van der Waals surface area (Å²) in [6.45, 7) is 1.98. The molecule has 2 aromatic rings. The molecule has 0 aliphatic rings. The molecule has 0 atom stereocenters. The van der Waals surface area contributed by atoms with Crippen LogP contribution in [0.2, 0.25) is 0 Å². The first kappa shape index (κ1) is 11.1. The molecule has 2 aromatic heterocycles. The fourth-order valence-corrected chi connectivity index (χ4v) is 1.29. The first-order valence-corrected chi connectivity index (χ1v) is 5.01. The van der Waals surface area contributed by atoms with Crippen molar-refractivity contribution in [2.75, 3.05) is 12.3 Å². The average molecular weight is 233 g/mol. The number of rotatable bonds is 2. The Morgan fingerprint density at radius 1 is 1.53 bits per heavy atom. The Morgan fingerprint density at radius 3 is 3.00 bits per heavy atom. The predicted molar refractivity (Wildman–Crippen MR) is 60.1 cm³/mol. The number of nitrogens with zero attached hydrogens (tertiary/aromatic N) is 4. The molecule has 0 aliphatic carbocycles. The predicted octanol–water partition coefficient (Wildman–Crippen LogP) is 0.927. The third-order valence-electron chi connectivity index (χ3n) is 2.02. The largest absolute Gasteiger partial charge is 0.448 e. The van der Waals surface area contributed by atoms with Crippen LogP contribution < -0.4 is 5.73 Å². The van der Waals surface area contributed by atoms with E-state index in [4.69, 9.17) is 10.5 Å². The zero-order valence-corrected chi connectivity index (χ0v) is 9.20. The smallest absolute Gasteiger partial charge is 0.436 e. The number of hydrogen-bond acceptors (Lipinski definition) is 6. The molecular weight excluding hydrogens is 222 g/mol. The van der Waals surface area contributed by atoms with Crippen LogP contribution in [-0.4, -0.2) is 32.4 Å². The minimum Gasteiger partial charge on any atom is -0.448 e. The second-order valence-electron chi connectivity index (χ2n) is 3.16. The van der Waals surface area contributed by atoms with Crippen LogP contribution in [0.4, 0.5) is 10.6 Å². The molecule has 17 heavy (non-hydrogen) atoms. The standard InChI is InChI=1S/C10H11N5O2/c1-2-17-10(16)15-9(11)5-8(14-15)7-3-4-12-6-13-7/h3-6H,2,11H2,1H3. The fraction of sp³-hybridized carbons (Fsp3) is 0.200. The van der Waals surface area contributed by atoms with Gasteiger partial charge in [0, 0.05) is 12.3 Å². The molecular formula is C10H11N5O2. The molecule has 88 valence electrons. The molecule has 0 spiro atoms. The zero-order valence-electron chi connectivity index (χ0n) is 9.20. The highest BCUT2D eigenvalue weighted by molar-refractivity contribution is 5.75. The third kappa shape index (κ3) is 2.22. The van der Waals surface area contributed by atoms with Gasteiger partial charge < -0.3 is 10.5 Å². The van der Waals surface area contributed by atoms with Gasteiger partial charge in [-0.3, -0.25) is 0 Å². The van der Waals surface area contributed by atoms with Crippen LogP contribution in [0.15, 0.2) is 24.7 Å². The lowest BCUT2D eigenvalue weighted by Crippen LogP contribution is -2.17. The number of carbonyl (C=O) groups excluding carboxylic acids is 1. The Hall–Kier alpha value is -2.44. The highest BCUT2D eigenvalue weighted by atomic mass is 16.6. The van der Waals surface area contributed by atoms with E-state index < -0.39 is 6.09 Å². The van der Waals surface area contributed by atoms with Crippen LogP contribution in [0.5, 0.6) is 0 Å². The summed E-state index contributed by atoms with van der Waals surface area (Å²) >= 11 is 0. The summed E-state index contributed by atoms with van der Waals surface area (Å²) in [5.74, 6) is 0.206. The number of carbonyl (C=O) groups is 1. The lowest BCUT2D eigenvalue weighted by atomic mass is 10.3. The minimum absolute atomic E-state index is 0.206. The summed E-state index contributed by atoms with van der Waals surface area (Å²) < 4.78 is 5.81. The van der Waals surface area contributed by atoms with Gasteiger partial charge in [0.15, 0.2) is 0 Å². The second kappa shape index (κ2) is 4.60. The molecule has 0 saturated carbocycles. The summed E-state index contributed by atoms with van der Waals surface area (Å²) in [4.78, 5) is 19.3. The zero-order chi connectivity index (χ0) is 12.3. The SMILES string of the molecule is CCOC(=O)n1nc(-c2ccncn2)cc1N. The summed E-state index contributed by atoms with van der Waals surface area (Å²) in [5, 5.41) is 4.03. The molecule has 2 heterocycles. The van der Waals surface area contributed by atoms with Crippen molar-refractivity contribution < 1.29 is 9.53 Å². The molecule has 0 amide bonds. The monoisotopic (exact) mass is 233 g/mol. The van der Waals surface area contributed by atoms with E-state index in [1.54, 1.807) is 25.3 Å². The first-order valence-electron chi connectivity index (χ1n) is 5.01. The van der Waals surface area contributed by atoms with E-state index in [2.05, 4.69) is 15.1 Å². The minimum atomic E-state index is -0.606. The highest BCUT2D eigenvalue weighted by Gasteiger charge is 2.14. The van der Waals surface area contributed by atoms with E-state index in [1.165, 1.54) is 6.33 Å². The molecule has 7 heteroatoms. The lowest BCUT2D eigenvalue weighted by Gasteiger charge is -2.01. The molecule has 0 aliphatic heterocycles. The van der Waals surface area contributed by atoms with Crippen molar-refractivity contribution in [3.05, 3.63) is 24.7 Å². The van der Waals surface area contributed by atoms with E-state index in [1.807, 2.05) is 0 Å². The number of nitrogen functional groups attached to an aromatic ring is 1. The average Bonchev–Trinajstić information content (AvgIpc) is 2.73. The van der Waals surface area contributed by atoms with Gasteiger partial charge in [-0.25, -0.2) is 14.8 Å². The maximum atomic E-state index is 11.5. The number of anilines is 1. The van der Waals surface area contributed by atoms with Crippen molar-refractivity contribution in [3.8, 4) is 11.4 Å². The topological polar surface area (TPSA) is 95.9 Å². The van der Waals surface area contributed by atoms with Crippen molar-refractivity contribution in [1.82, 2.24) is 19.7 Å². The van der Waals surface area contributed by atoms with Crippen LogP contribution in [0.25, 0.3) is 11.4 Å². The van der Waals surface area contributed by atoms with Gasteiger partial charge in [0.25, 0.3) is 0 Å². The van der Waals surface area contributed by atoms with Crippen molar-refractivity contribution >= 4 is 11.9 Å². The Bertz CT molecular complexity index is 523. The van der Waals surface area contributed by atoms with Crippen LogP contribution in [0, 0.1) is 0 Å². The third-order valence-corrected chi connectivity index (χ3v) is 2.02. The van der Waals surface area contributed by atoms with Crippen LogP contribution in [0.1, 0.15) is 6.92 Å². The molecule has 2 rings (SSSR count). The van der Waals surface area contributed by atoms with Gasteiger partial charge in [0.1, 0.15) is 17.8 Å². The fourth-order valence-electron chi connectivity index (χ4n) is 1.29. The van der Waals surface area contributed by atoms with Crippen LogP contribution in [-0.2, 0) is 4.74 Å². The summed E-state index contributed by atoms with van der Waals surface area (Å²) in [6, 6.07) is 3.23.